The number of carbonyl (C=O) groups excluding carboxylic acids is 1. The number of aryl methyl sites for hydroxylation is 1. The zero-order valence-electron chi connectivity index (χ0n) is 15.5. The van der Waals surface area contributed by atoms with Crippen LogP contribution in [-0.2, 0) is 22.6 Å². The van der Waals surface area contributed by atoms with Gasteiger partial charge in [0.05, 0.1) is 14.2 Å². The van der Waals surface area contributed by atoms with Crippen LogP contribution in [0.3, 0.4) is 0 Å². The molecule has 0 unspecified atom stereocenters. The molecule has 3 rings (SSSR count). The van der Waals surface area contributed by atoms with Gasteiger partial charge in [-0.05, 0) is 36.2 Å². The van der Waals surface area contributed by atoms with Gasteiger partial charge in [0.2, 0.25) is 5.82 Å². The van der Waals surface area contributed by atoms with Crippen molar-refractivity contribution in [3.8, 4) is 22.9 Å². The van der Waals surface area contributed by atoms with Gasteiger partial charge in [0.1, 0.15) is 0 Å². The summed E-state index contributed by atoms with van der Waals surface area (Å²) in [5.74, 6) is 1.50. The molecule has 0 atom stereocenters. The molecule has 28 heavy (non-hydrogen) atoms. The molecule has 0 amide bonds. The van der Waals surface area contributed by atoms with Gasteiger partial charge in [0.25, 0.3) is 5.89 Å². The average molecular weight is 403 g/mol. The highest BCUT2D eigenvalue weighted by molar-refractivity contribution is 6.30. The van der Waals surface area contributed by atoms with E-state index in [1.165, 1.54) is 0 Å². The topological polar surface area (TPSA) is 83.7 Å². The standard InChI is InChI=1S/C20H19ClN2O5/c1-25-16-8-6-13(10-17(16)26-2)7-9-19(24)27-12-18-22-20(23-28-18)14-4-3-5-15(21)11-14/h3-6,8,10-11H,7,9,12H2,1-2H3. The fourth-order valence-corrected chi connectivity index (χ4v) is 2.75. The Morgan fingerprint density at radius 3 is 2.68 bits per heavy atom. The molecule has 0 aliphatic rings. The van der Waals surface area contributed by atoms with Gasteiger partial charge in [-0.15, -0.1) is 0 Å². The number of carbonyl (C=O) groups is 1. The Hall–Kier alpha value is -3.06. The summed E-state index contributed by atoms with van der Waals surface area (Å²) in [7, 11) is 3.14. The van der Waals surface area contributed by atoms with Crippen LogP contribution < -0.4 is 9.47 Å². The van der Waals surface area contributed by atoms with Crippen LogP contribution in [0.4, 0.5) is 0 Å². The lowest BCUT2D eigenvalue weighted by atomic mass is 10.1. The summed E-state index contributed by atoms with van der Waals surface area (Å²) in [4.78, 5) is 16.2. The van der Waals surface area contributed by atoms with Crippen molar-refractivity contribution >= 4 is 17.6 Å². The zero-order chi connectivity index (χ0) is 19.9. The molecule has 0 fully saturated rings. The number of hydrogen-bond donors (Lipinski definition) is 0. The molecule has 0 aliphatic carbocycles. The van der Waals surface area contributed by atoms with Crippen molar-refractivity contribution in [1.82, 2.24) is 10.1 Å². The van der Waals surface area contributed by atoms with E-state index in [2.05, 4.69) is 10.1 Å². The summed E-state index contributed by atoms with van der Waals surface area (Å²) < 4.78 is 20.8. The molecule has 0 radical (unpaired) electrons. The Balaban J connectivity index is 1.51. The van der Waals surface area contributed by atoms with Gasteiger partial charge in [-0.1, -0.05) is 35.0 Å². The van der Waals surface area contributed by atoms with Crippen LogP contribution in [-0.4, -0.2) is 30.3 Å². The molecular weight excluding hydrogens is 384 g/mol. The molecule has 146 valence electrons. The first-order valence-corrected chi connectivity index (χ1v) is 8.92. The molecule has 0 saturated heterocycles. The van der Waals surface area contributed by atoms with Crippen molar-refractivity contribution in [2.45, 2.75) is 19.4 Å². The van der Waals surface area contributed by atoms with Gasteiger partial charge in [-0.3, -0.25) is 4.79 Å². The summed E-state index contributed by atoms with van der Waals surface area (Å²) in [5.41, 5.74) is 1.66. The van der Waals surface area contributed by atoms with E-state index in [9.17, 15) is 4.79 Å². The second-order valence-corrected chi connectivity index (χ2v) is 6.31. The average Bonchev–Trinajstić information content (AvgIpc) is 3.19. The smallest absolute Gasteiger partial charge is 0.306 e. The first-order chi connectivity index (χ1) is 13.6. The fourth-order valence-electron chi connectivity index (χ4n) is 2.56. The highest BCUT2D eigenvalue weighted by Crippen LogP contribution is 2.28. The van der Waals surface area contributed by atoms with Crippen molar-refractivity contribution in [3.05, 3.63) is 58.9 Å². The molecule has 0 saturated carbocycles. The van der Waals surface area contributed by atoms with E-state index >= 15 is 0 Å². The van der Waals surface area contributed by atoms with Crippen LogP contribution in [0, 0.1) is 0 Å². The highest BCUT2D eigenvalue weighted by atomic mass is 35.5. The lowest BCUT2D eigenvalue weighted by Crippen LogP contribution is -2.06. The number of ether oxygens (including phenoxy) is 3. The zero-order valence-corrected chi connectivity index (χ0v) is 16.2. The van der Waals surface area contributed by atoms with E-state index < -0.39 is 0 Å². The third kappa shape index (κ3) is 5.01. The third-order valence-electron chi connectivity index (χ3n) is 3.97. The van der Waals surface area contributed by atoms with Crippen LogP contribution >= 0.6 is 11.6 Å². The van der Waals surface area contributed by atoms with Crippen LogP contribution in [0.5, 0.6) is 11.5 Å². The SMILES string of the molecule is COc1ccc(CCC(=O)OCc2nc(-c3cccc(Cl)c3)no2)cc1OC. The minimum absolute atomic E-state index is 0.0850. The van der Waals surface area contributed by atoms with E-state index in [0.29, 0.717) is 28.8 Å². The molecule has 3 aromatic rings. The van der Waals surface area contributed by atoms with Crippen molar-refractivity contribution in [2.75, 3.05) is 14.2 Å². The number of methoxy groups -OCH3 is 2. The molecule has 1 aromatic heterocycles. The summed E-state index contributed by atoms with van der Waals surface area (Å²) in [6.07, 6.45) is 0.724. The Morgan fingerprint density at radius 2 is 1.93 bits per heavy atom. The number of esters is 1. The molecule has 2 aromatic carbocycles. The number of benzene rings is 2. The summed E-state index contributed by atoms with van der Waals surface area (Å²) in [6, 6.07) is 12.6. The van der Waals surface area contributed by atoms with E-state index in [4.69, 9.17) is 30.3 Å². The fraction of sp³-hybridized carbons (Fsp3) is 0.250. The summed E-state index contributed by atoms with van der Waals surface area (Å²) >= 11 is 5.96. The first-order valence-electron chi connectivity index (χ1n) is 8.54. The van der Waals surface area contributed by atoms with Crippen LogP contribution in [0.1, 0.15) is 17.9 Å². The van der Waals surface area contributed by atoms with Gasteiger partial charge < -0.3 is 18.7 Å². The van der Waals surface area contributed by atoms with Gasteiger partial charge in [0.15, 0.2) is 18.1 Å². The maximum Gasteiger partial charge on any atom is 0.306 e. The number of rotatable bonds is 8. The van der Waals surface area contributed by atoms with Crippen LogP contribution in [0.15, 0.2) is 47.0 Å². The first kappa shape index (κ1) is 19.7. The number of nitrogens with zero attached hydrogens (tertiary/aromatic N) is 2. The largest absolute Gasteiger partial charge is 0.493 e. The molecule has 8 heteroatoms. The van der Waals surface area contributed by atoms with Crippen molar-refractivity contribution in [3.63, 3.8) is 0 Å². The quantitative estimate of drug-likeness (QED) is 0.525. The molecule has 0 aliphatic heterocycles. The van der Waals surface area contributed by atoms with Gasteiger partial charge in [-0.2, -0.15) is 4.98 Å². The minimum atomic E-state index is -0.364. The summed E-state index contributed by atoms with van der Waals surface area (Å²) in [5, 5.41) is 4.45. The Kier molecular flexibility index (Phi) is 6.49. The Labute approximate surface area is 167 Å². The van der Waals surface area contributed by atoms with Crippen LogP contribution in [0.2, 0.25) is 5.02 Å². The number of hydrogen-bond acceptors (Lipinski definition) is 7. The maximum absolute atomic E-state index is 12.0. The maximum atomic E-state index is 12.0. The van der Waals surface area contributed by atoms with Gasteiger partial charge in [0, 0.05) is 17.0 Å². The predicted molar refractivity (Wildman–Crippen MR) is 102 cm³/mol. The summed E-state index contributed by atoms with van der Waals surface area (Å²) in [6.45, 7) is -0.0850. The van der Waals surface area contributed by atoms with Gasteiger partial charge in [-0.25, -0.2) is 0 Å². The second kappa shape index (κ2) is 9.23. The molecular formula is C20H19ClN2O5. The lowest BCUT2D eigenvalue weighted by molar-refractivity contribution is -0.145. The molecule has 0 bridgehead atoms. The van der Waals surface area contributed by atoms with Crippen molar-refractivity contribution in [1.29, 1.82) is 0 Å². The minimum Gasteiger partial charge on any atom is -0.493 e. The molecule has 0 N–H and O–H groups in total. The lowest BCUT2D eigenvalue weighted by Gasteiger charge is -2.09. The predicted octanol–water partition coefficient (Wildman–Crippen LogP) is 4.08. The molecule has 1 heterocycles. The monoisotopic (exact) mass is 402 g/mol. The number of aromatic nitrogens is 2. The van der Waals surface area contributed by atoms with E-state index in [0.717, 1.165) is 11.1 Å². The van der Waals surface area contributed by atoms with E-state index in [-0.39, 0.29) is 24.9 Å². The van der Waals surface area contributed by atoms with Crippen molar-refractivity contribution < 1.29 is 23.5 Å². The highest BCUT2D eigenvalue weighted by Gasteiger charge is 2.12. The number of halogens is 1. The third-order valence-corrected chi connectivity index (χ3v) is 4.21. The molecule has 0 spiro atoms. The van der Waals surface area contributed by atoms with Gasteiger partial charge >= 0.3 is 5.97 Å². The Morgan fingerprint density at radius 1 is 1.11 bits per heavy atom. The Bertz CT molecular complexity index is 957. The second-order valence-electron chi connectivity index (χ2n) is 5.87. The van der Waals surface area contributed by atoms with E-state index in [1.54, 1.807) is 38.5 Å². The normalized spacial score (nSPS) is 10.5. The van der Waals surface area contributed by atoms with E-state index in [1.807, 2.05) is 18.2 Å². The molecule has 7 nitrogen and oxygen atoms in total. The van der Waals surface area contributed by atoms with Crippen LogP contribution in [0.25, 0.3) is 11.4 Å². The van der Waals surface area contributed by atoms with Crippen molar-refractivity contribution in [2.24, 2.45) is 0 Å².